The zero-order chi connectivity index (χ0) is 29.7. The van der Waals surface area contributed by atoms with Gasteiger partial charge in [-0.2, -0.15) is 0 Å². The summed E-state index contributed by atoms with van der Waals surface area (Å²) >= 11 is 0. The first-order valence-electron chi connectivity index (χ1n) is 13.1. The molecule has 1 aromatic heterocycles. The van der Waals surface area contributed by atoms with Gasteiger partial charge in [0, 0.05) is 48.2 Å². The van der Waals surface area contributed by atoms with E-state index in [4.69, 9.17) is 9.47 Å². The number of nitro groups is 1. The third kappa shape index (κ3) is 6.58. The van der Waals surface area contributed by atoms with E-state index < -0.39 is 34.8 Å². The van der Waals surface area contributed by atoms with Gasteiger partial charge in [0.1, 0.15) is 11.6 Å². The van der Waals surface area contributed by atoms with Gasteiger partial charge < -0.3 is 14.5 Å². The Hall–Kier alpha value is -4.64. The number of benzene rings is 2. The molecule has 1 N–H and O–H groups in total. The van der Waals surface area contributed by atoms with E-state index in [2.05, 4.69) is 15.0 Å². The van der Waals surface area contributed by atoms with Gasteiger partial charge in [-0.15, -0.1) is 0 Å². The number of imidazole rings is 1. The molecule has 2 aromatic carbocycles. The second-order valence-electron chi connectivity index (χ2n) is 10.1. The molecule has 2 heterocycles. The van der Waals surface area contributed by atoms with E-state index >= 15 is 0 Å². The zero-order valence-electron chi connectivity index (χ0n) is 23.7. The van der Waals surface area contributed by atoms with Crippen LogP contribution < -0.4 is 0 Å². The number of likely N-dealkylation sites (N-methyl/N-ethyl adjacent to an activating group) is 1. The number of hydrogen-bond donors (Lipinski definition) is 1. The van der Waals surface area contributed by atoms with Crippen molar-refractivity contribution in [2.45, 2.75) is 39.3 Å². The van der Waals surface area contributed by atoms with E-state index in [0.29, 0.717) is 35.8 Å². The van der Waals surface area contributed by atoms with Crippen molar-refractivity contribution in [3.63, 3.8) is 0 Å². The number of esters is 2. The molecule has 0 spiro atoms. The molecule has 0 amide bonds. The second-order valence-corrected chi connectivity index (χ2v) is 10.1. The van der Waals surface area contributed by atoms with Gasteiger partial charge in [0.2, 0.25) is 0 Å². The number of carbonyl (C=O) groups is 2. The van der Waals surface area contributed by atoms with Gasteiger partial charge in [-0.1, -0.05) is 42.5 Å². The second kappa shape index (κ2) is 12.7. The van der Waals surface area contributed by atoms with Crippen LogP contribution in [0.2, 0.25) is 0 Å². The number of aryl methyl sites for hydroxylation is 1. The largest absolute Gasteiger partial charge is 0.468 e. The Kier molecular flexibility index (Phi) is 9.08. The standard InChI is InChI=1S/C30H33N5O6/c1-18-25(29(36)40-5)27(22-12-9-13-23(14-22)35(38)39)26(19(2)33-18)30(37)41-24(28-20(3)31-17-32-28)16-34(4)15-21-10-7-6-8-11-21/h6-14,17,24-25,27H,15-16H2,1-5H3,(H,31,32). The molecule has 0 bridgehead atoms. The minimum Gasteiger partial charge on any atom is -0.468 e. The van der Waals surface area contributed by atoms with Crippen molar-refractivity contribution in [3.05, 3.63) is 105 Å². The predicted octanol–water partition coefficient (Wildman–Crippen LogP) is 4.66. The SMILES string of the molecule is COC(=O)C1C(C)=NC(C)=C(C(=O)OC(CN(C)Cc2ccccc2)c2nc[nH]c2C)C1c1cccc([N+](=O)[O-])c1. The van der Waals surface area contributed by atoms with Crippen LogP contribution in [0.5, 0.6) is 0 Å². The van der Waals surface area contributed by atoms with Crippen LogP contribution in [0.25, 0.3) is 0 Å². The van der Waals surface area contributed by atoms with E-state index in [1.54, 1.807) is 26.2 Å². The Morgan fingerprint density at radius 2 is 1.85 bits per heavy atom. The van der Waals surface area contributed by atoms with Crippen molar-refractivity contribution in [1.82, 2.24) is 14.9 Å². The van der Waals surface area contributed by atoms with Crippen molar-refractivity contribution < 1.29 is 24.0 Å². The highest BCUT2D eigenvalue weighted by Gasteiger charge is 2.43. The Labute approximate surface area is 238 Å². The number of aromatic nitrogens is 2. The maximum Gasteiger partial charge on any atom is 0.337 e. The number of methoxy groups -OCH3 is 1. The molecule has 4 rings (SSSR count). The average Bonchev–Trinajstić information content (AvgIpc) is 3.38. The molecule has 3 aromatic rings. The highest BCUT2D eigenvalue weighted by molar-refractivity contribution is 6.07. The molecule has 1 aliphatic rings. The maximum atomic E-state index is 14.0. The molecule has 214 valence electrons. The number of nitrogens with one attached hydrogen (secondary N) is 1. The highest BCUT2D eigenvalue weighted by atomic mass is 16.6. The Bertz CT molecular complexity index is 1500. The summed E-state index contributed by atoms with van der Waals surface area (Å²) in [5.41, 5.74) is 3.60. The minimum absolute atomic E-state index is 0.135. The van der Waals surface area contributed by atoms with Crippen LogP contribution in [0.1, 0.15) is 48.4 Å². The fraction of sp³-hybridized carbons (Fsp3) is 0.333. The summed E-state index contributed by atoms with van der Waals surface area (Å²) in [7, 11) is 3.18. The number of hydrogen-bond acceptors (Lipinski definition) is 9. The number of aromatic amines is 1. The van der Waals surface area contributed by atoms with Crippen molar-refractivity contribution in [1.29, 1.82) is 0 Å². The fourth-order valence-corrected chi connectivity index (χ4v) is 5.24. The summed E-state index contributed by atoms with van der Waals surface area (Å²) < 4.78 is 11.2. The smallest absolute Gasteiger partial charge is 0.337 e. The Balaban J connectivity index is 1.72. The van der Waals surface area contributed by atoms with Gasteiger partial charge >= 0.3 is 11.9 Å². The first-order valence-corrected chi connectivity index (χ1v) is 13.1. The van der Waals surface area contributed by atoms with E-state index in [-0.39, 0.29) is 11.3 Å². The van der Waals surface area contributed by atoms with Crippen LogP contribution in [0.3, 0.4) is 0 Å². The molecule has 0 aliphatic carbocycles. The lowest BCUT2D eigenvalue weighted by atomic mass is 9.75. The molecule has 0 saturated heterocycles. The summed E-state index contributed by atoms with van der Waals surface area (Å²) in [5, 5.41) is 11.6. The fourth-order valence-electron chi connectivity index (χ4n) is 5.24. The monoisotopic (exact) mass is 559 g/mol. The predicted molar refractivity (Wildman–Crippen MR) is 152 cm³/mol. The van der Waals surface area contributed by atoms with Gasteiger partial charge in [-0.3, -0.25) is 24.8 Å². The number of nitro benzene ring substituents is 1. The molecular formula is C30H33N5O6. The minimum atomic E-state index is -0.973. The number of aliphatic imine (C=N–C) groups is 1. The van der Waals surface area contributed by atoms with Crippen molar-refractivity contribution in [3.8, 4) is 0 Å². The number of non-ortho nitro benzene ring substituents is 1. The zero-order valence-corrected chi connectivity index (χ0v) is 23.7. The third-order valence-corrected chi connectivity index (χ3v) is 7.14. The van der Waals surface area contributed by atoms with E-state index in [0.717, 1.165) is 11.3 Å². The summed E-state index contributed by atoms with van der Waals surface area (Å²) in [5.74, 6) is -3.18. The first-order chi connectivity index (χ1) is 19.6. The topological polar surface area (TPSA) is 140 Å². The number of rotatable bonds is 10. The van der Waals surface area contributed by atoms with Crippen molar-refractivity contribution in [2.24, 2.45) is 10.9 Å². The number of ether oxygens (including phenoxy) is 2. The van der Waals surface area contributed by atoms with Gasteiger partial charge in [-0.25, -0.2) is 9.78 Å². The summed E-state index contributed by atoms with van der Waals surface area (Å²) in [6, 6.07) is 15.8. The molecule has 0 fully saturated rings. The number of allylic oxidation sites excluding steroid dienone is 1. The first kappa shape index (κ1) is 29.3. The Morgan fingerprint density at radius 3 is 2.49 bits per heavy atom. The van der Waals surface area contributed by atoms with E-state index in [1.807, 2.05) is 49.2 Å². The van der Waals surface area contributed by atoms with Gasteiger partial charge in [0.05, 0.1) is 23.9 Å². The number of carbonyl (C=O) groups excluding carboxylic acids is 2. The third-order valence-electron chi connectivity index (χ3n) is 7.14. The number of nitrogens with zero attached hydrogens (tertiary/aromatic N) is 4. The molecule has 41 heavy (non-hydrogen) atoms. The van der Waals surface area contributed by atoms with E-state index in [1.165, 1.54) is 25.3 Å². The van der Waals surface area contributed by atoms with Gasteiger partial charge in [0.25, 0.3) is 5.69 Å². The molecular weight excluding hydrogens is 526 g/mol. The molecule has 3 unspecified atom stereocenters. The maximum absolute atomic E-state index is 14.0. The molecule has 11 nitrogen and oxygen atoms in total. The summed E-state index contributed by atoms with van der Waals surface area (Å²) in [4.78, 5) is 52.1. The number of H-pyrrole nitrogens is 1. The van der Waals surface area contributed by atoms with E-state index in [9.17, 15) is 19.7 Å². The van der Waals surface area contributed by atoms with Crippen LogP contribution >= 0.6 is 0 Å². The molecule has 11 heteroatoms. The van der Waals surface area contributed by atoms with Crippen LogP contribution in [-0.2, 0) is 25.6 Å². The lowest BCUT2D eigenvalue weighted by molar-refractivity contribution is -0.384. The van der Waals surface area contributed by atoms with Crippen molar-refractivity contribution >= 4 is 23.3 Å². The summed E-state index contributed by atoms with van der Waals surface area (Å²) in [6.07, 6.45) is 0.790. The van der Waals surface area contributed by atoms with Crippen LogP contribution in [0.4, 0.5) is 5.69 Å². The summed E-state index contributed by atoms with van der Waals surface area (Å²) in [6.45, 7) is 6.13. The normalized spacial score (nSPS) is 17.7. The molecule has 0 saturated carbocycles. The highest BCUT2D eigenvalue weighted by Crippen LogP contribution is 2.41. The van der Waals surface area contributed by atoms with Crippen LogP contribution in [0, 0.1) is 23.0 Å². The van der Waals surface area contributed by atoms with Gasteiger partial charge in [-0.05, 0) is 38.9 Å². The lowest BCUT2D eigenvalue weighted by Gasteiger charge is -2.32. The lowest BCUT2D eigenvalue weighted by Crippen LogP contribution is -2.37. The van der Waals surface area contributed by atoms with Crippen LogP contribution in [-0.4, -0.2) is 58.1 Å². The van der Waals surface area contributed by atoms with Crippen LogP contribution in [0.15, 0.2) is 77.2 Å². The molecule has 1 aliphatic heterocycles. The Morgan fingerprint density at radius 1 is 1.12 bits per heavy atom. The van der Waals surface area contributed by atoms with Crippen molar-refractivity contribution in [2.75, 3.05) is 20.7 Å². The molecule has 0 radical (unpaired) electrons. The molecule has 3 atom stereocenters. The quantitative estimate of drug-likeness (QED) is 0.215. The van der Waals surface area contributed by atoms with Gasteiger partial charge in [0.15, 0.2) is 6.10 Å². The average molecular weight is 560 g/mol.